The molecule has 0 amide bonds. The maximum absolute atomic E-state index is 5.60. The van der Waals surface area contributed by atoms with Crippen LogP contribution in [0.4, 0.5) is 5.95 Å². The van der Waals surface area contributed by atoms with Crippen molar-refractivity contribution in [3.05, 3.63) is 22.8 Å². The van der Waals surface area contributed by atoms with Crippen LogP contribution in [-0.4, -0.2) is 14.6 Å². The van der Waals surface area contributed by atoms with Crippen LogP contribution in [0.1, 0.15) is 10.6 Å². The molecule has 82 valence electrons. The van der Waals surface area contributed by atoms with Crippen LogP contribution in [0.5, 0.6) is 0 Å². The molecule has 6 heteroatoms. The fourth-order valence-corrected chi connectivity index (χ4v) is 2.61. The predicted octanol–water partition coefficient (Wildman–Crippen LogP) is 2.25. The van der Waals surface area contributed by atoms with Gasteiger partial charge >= 0.3 is 0 Å². The van der Waals surface area contributed by atoms with E-state index in [4.69, 9.17) is 10.2 Å². The minimum Gasteiger partial charge on any atom is -0.460 e. The normalized spacial score (nSPS) is 11.4. The third-order valence-corrected chi connectivity index (χ3v) is 3.30. The summed E-state index contributed by atoms with van der Waals surface area (Å²) in [5.74, 6) is 1.96. The maximum atomic E-state index is 5.60. The van der Waals surface area contributed by atoms with Gasteiger partial charge in [-0.3, -0.25) is 0 Å². The second-order valence-electron chi connectivity index (χ2n) is 3.58. The quantitative estimate of drug-likeness (QED) is 0.701. The molecule has 0 aliphatic rings. The Morgan fingerprint density at radius 2 is 2.19 bits per heavy atom. The van der Waals surface area contributed by atoms with Crippen LogP contribution in [0.25, 0.3) is 16.4 Å². The Morgan fingerprint density at radius 3 is 2.88 bits per heavy atom. The first kappa shape index (κ1) is 9.41. The summed E-state index contributed by atoms with van der Waals surface area (Å²) in [7, 11) is 0. The van der Waals surface area contributed by atoms with E-state index in [1.54, 1.807) is 15.9 Å². The molecule has 0 aliphatic heterocycles. The Hall–Kier alpha value is -1.82. The number of nitrogens with zero attached hydrogens (tertiary/aromatic N) is 3. The van der Waals surface area contributed by atoms with E-state index in [0.29, 0.717) is 0 Å². The van der Waals surface area contributed by atoms with Gasteiger partial charge in [0.25, 0.3) is 0 Å². The van der Waals surface area contributed by atoms with Crippen molar-refractivity contribution in [1.29, 1.82) is 0 Å². The summed E-state index contributed by atoms with van der Waals surface area (Å²) in [6.07, 6.45) is 0. The third-order valence-electron chi connectivity index (χ3n) is 2.36. The van der Waals surface area contributed by atoms with E-state index in [2.05, 4.69) is 10.1 Å². The monoisotopic (exact) mass is 234 g/mol. The number of hydrogen-bond donors (Lipinski definition) is 1. The summed E-state index contributed by atoms with van der Waals surface area (Å²) in [5.41, 5.74) is 6.50. The number of hydrogen-bond acceptors (Lipinski definition) is 5. The van der Waals surface area contributed by atoms with Gasteiger partial charge in [-0.15, -0.1) is 5.10 Å². The standard InChI is InChI=1S/C10H10N4OS/c1-5-3-4-7(15-5)8-6(2)16-10-12-9(11)13-14(8)10/h3-4H,1-2H3,(H2,11,13). The lowest BCUT2D eigenvalue weighted by Crippen LogP contribution is -1.91. The third kappa shape index (κ3) is 1.23. The molecule has 0 radical (unpaired) electrons. The molecule has 3 aromatic rings. The molecule has 0 bridgehead atoms. The summed E-state index contributed by atoms with van der Waals surface area (Å²) in [5, 5.41) is 4.15. The number of nitrogen functional groups attached to an aromatic ring is 1. The first-order valence-electron chi connectivity index (χ1n) is 4.83. The van der Waals surface area contributed by atoms with Crippen LogP contribution in [0.2, 0.25) is 0 Å². The zero-order valence-corrected chi connectivity index (χ0v) is 9.71. The minimum atomic E-state index is 0.288. The van der Waals surface area contributed by atoms with Crippen LogP contribution >= 0.6 is 11.3 Å². The van der Waals surface area contributed by atoms with Gasteiger partial charge in [0, 0.05) is 4.88 Å². The molecule has 0 fully saturated rings. The number of aryl methyl sites for hydroxylation is 2. The lowest BCUT2D eigenvalue weighted by atomic mass is 10.3. The SMILES string of the molecule is Cc1ccc(-c2c(C)sc3nc(N)nn23)o1. The van der Waals surface area contributed by atoms with Crippen molar-refractivity contribution in [1.82, 2.24) is 14.6 Å². The molecule has 0 unspecified atom stereocenters. The van der Waals surface area contributed by atoms with Gasteiger partial charge < -0.3 is 10.2 Å². The van der Waals surface area contributed by atoms with E-state index >= 15 is 0 Å². The molecule has 3 aromatic heterocycles. The predicted molar refractivity (Wildman–Crippen MR) is 62.5 cm³/mol. The Morgan fingerprint density at radius 1 is 1.38 bits per heavy atom. The van der Waals surface area contributed by atoms with E-state index in [0.717, 1.165) is 27.1 Å². The molecule has 16 heavy (non-hydrogen) atoms. The Balaban J connectivity index is 2.32. The average molecular weight is 234 g/mol. The van der Waals surface area contributed by atoms with Crippen LogP contribution in [0.15, 0.2) is 16.5 Å². The van der Waals surface area contributed by atoms with Crippen LogP contribution in [0, 0.1) is 13.8 Å². The van der Waals surface area contributed by atoms with Crippen molar-refractivity contribution >= 4 is 22.2 Å². The molecule has 0 saturated heterocycles. The van der Waals surface area contributed by atoms with Gasteiger partial charge in [-0.2, -0.15) is 9.50 Å². The van der Waals surface area contributed by atoms with E-state index < -0.39 is 0 Å². The number of nitrogens with two attached hydrogens (primary N) is 1. The maximum Gasteiger partial charge on any atom is 0.241 e. The van der Waals surface area contributed by atoms with E-state index in [1.807, 2.05) is 26.0 Å². The number of aromatic nitrogens is 3. The summed E-state index contributed by atoms with van der Waals surface area (Å²) >= 11 is 1.55. The van der Waals surface area contributed by atoms with Crippen LogP contribution in [0.3, 0.4) is 0 Å². The highest BCUT2D eigenvalue weighted by Crippen LogP contribution is 2.31. The first-order chi connectivity index (χ1) is 7.65. The van der Waals surface area contributed by atoms with Gasteiger partial charge in [-0.05, 0) is 26.0 Å². The van der Waals surface area contributed by atoms with E-state index in [9.17, 15) is 0 Å². The Bertz CT molecular complexity index is 664. The van der Waals surface area contributed by atoms with Gasteiger partial charge in [-0.25, -0.2) is 0 Å². The van der Waals surface area contributed by atoms with E-state index in [1.165, 1.54) is 0 Å². The summed E-state index contributed by atoms with van der Waals surface area (Å²) < 4.78 is 7.33. The second kappa shape index (κ2) is 3.08. The molecule has 2 N–H and O–H groups in total. The van der Waals surface area contributed by atoms with Gasteiger partial charge in [-0.1, -0.05) is 11.3 Å². The van der Waals surface area contributed by atoms with Crippen molar-refractivity contribution in [2.24, 2.45) is 0 Å². The number of anilines is 1. The molecule has 0 saturated carbocycles. The van der Waals surface area contributed by atoms with Crippen molar-refractivity contribution in [2.75, 3.05) is 5.73 Å². The lowest BCUT2D eigenvalue weighted by molar-refractivity contribution is 0.544. The largest absolute Gasteiger partial charge is 0.460 e. The molecule has 3 rings (SSSR count). The summed E-state index contributed by atoms with van der Waals surface area (Å²) in [4.78, 5) is 6.04. The zero-order chi connectivity index (χ0) is 11.3. The lowest BCUT2D eigenvalue weighted by Gasteiger charge is -1.95. The summed E-state index contributed by atoms with van der Waals surface area (Å²) in [6.45, 7) is 3.93. The number of thiazole rings is 1. The van der Waals surface area contributed by atoms with Crippen molar-refractivity contribution in [3.8, 4) is 11.5 Å². The number of furan rings is 1. The molecule has 0 aliphatic carbocycles. The zero-order valence-electron chi connectivity index (χ0n) is 8.89. The molecule has 0 spiro atoms. The molecular formula is C10H10N4OS. The molecule has 0 atom stereocenters. The molecule has 5 nitrogen and oxygen atoms in total. The van der Waals surface area contributed by atoms with E-state index in [-0.39, 0.29) is 5.95 Å². The smallest absolute Gasteiger partial charge is 0.241 e. The fraction of sp³-hybridized carbons (Fsp3) is 0.200. The number of rotatable bonds is 1. The topological polar surface area (TPSA) is 69.3 Å². The van der Waals surface area contributed by atoms with Crippen LogP contribution < -0.4 is 5.73 Å². The summed E-state index contributed by atoms with van der Waals surface area (Å²) in [6, 6.07) is 3.86. The number of fused-ring (bicyclic) bond motifs is 1. The van der Waals surface area contributed by atoms with Gasteiger partial charge in [0.05, 0.1) is 0 Å². The first-order valence-corrected chi connectivity index (χ1v) is 5.65. The van der Waals surface area contributed by atoms with Gasteiger partial charge in [0.1, 0.15) is 11.5 Å². The van der Waals surface area contributed by atoms with Crippen molar-refractivity contribution in [2.45, 2.75) is 13.8 Å². The highest BCUT2D eigenvalue weighted by molar-refractivity contribution is 7.17. The average Bonchev–Trinajstić information content (AvgIpc) is 2.80. The van der Waals surface area contributed by atoms with Crippen molar-refractivity contribution in [3.63, 3.8) is 0 Å². The van der Waals surface area contributed by atoms with Gasteiger partial charge in [0.2, 0.25) is 10.9 Å². The Labute approximate surface area is 95.5 Å². The second-order valence-corrected chi connectivity index (χ2v) is 4.76. The molecular weight excluding hydrogens is 224 g/mol. The van der Waals surface area contributed by atoms with Crippen LogP contribution in [-0.2, 0) is 0 Å². The minimum absolute atomic E-state index is 0.288. The fourth-order valence-electron chi connectivity index (χ4n) is 1.70. The Kier molecular flexibility index (Phi) is 1.81. The highest BCUT2D eigenvalue weighted by Gasteiger charge is 2.16. The van der Waals surface area contributed by atoms with Crippen molar-refractivity contribution < 1.29 is 4.42 Å². The molecule has 3 heterocycles. The molecule has 0 aromatic carbocycles. The highest BCUT2D eigenvalue weighted by atomic mass is 32.1. The van der Waals surface area contributed by atoms with Gasteiger partial charge in [0.15, 0.2) is 5.76 Å².